The smallest absolute Gasteiger partial charge is 0.125 e. The molecule has 0 aliphatic heterocycles. The summed E-state index contributed by atoms with van der Waals surface area (Å²) in [4.78, 5) is 0. The van der Waals surface area contributed by atoms with Crippen LogP contribution in [0, 0.1) is 20.8 Å². The molecule has 2 N–H and O–H groups in total. The third-order valence-corrected chi connectivity index (χ3v) is 3.36. The lowest BCUT2D eigenvalue weighted by atomic mass is 10.1. The van der Waals surface area contributed by atoms with Gasteiger partial charge in [-0.1, -0.05) is 19.1 Å². The van der Waals surface area contributed by atoms with Crippen molar-refractivity contribution >= 4 is 0 Å². The minimum atomic E-state index is 0.318. The second-order valence-corrected chi connectivity index (χ2v) is 4.81. The molecule has 0 bridgehead atoms. The molecular formula is C15H25NO. The van der Waals surface area contributed by atoms with Crippen molar-refractivity contribution in [1.29, 1.82) is 0 Å². The molecule has 0 saturated heterocycles. The third kappa shape index (κ3) is 4.04. The van der Waals surface area contributed by atoms with Crippen LogP contribution in [0.5, 0.6) is 5.75 Å². The van der Waals surface area contributed by atoms with E-state index in [1.165, 1.54) is 16.7 Å². The predicted molar refractivity (Wildman–Crippen MR) is 73.6 cm³/mol. The molecule has 1 atom stereocenters. The van der Waals surface area contributed by atoms with Gasteiger partial charge < -0.3 is 10.5 Å². The van der Waals surface area contributed by atoms with E-state index in [2.05, 4.69) is 39.8 Å². The zero-order valence-corrected chi connectivity index (χ0v) is 11.5. The Kier molecular flexibility index (Phi) is 5.49. The first-order valence-corrected chi connectivity index (χ1v) is 6.51. The maximum absolute atomic E-state index is 5.89. The summed E-state index contributed by atoms with van der Waals surface area (Å²) < 4.78 is 5.89. The topological polar surface area (TPSA) is 35.2 Å². The molecule has 1 aromatic carbocycles. The molecule has 2 heteroatoms. The number of hydrogen-bond acceptors (Lipinski definition) is 2. The summed E-state index contributed by atoms with van der Waals surface area (Å²) in [7, 11) is 0. The van der Waals surface area contributed by atoms with E-state index in [4.69, 9.17) is 10.5 Å². The summed E-state index contributed by atoms with van der Waals surface area (Å²) in [6.07, 6.45) is 3.12. The molecule has 0 radical (unpaired) electrons. The minimum Gasteiger partial charge on any atom is -0.493 e. The maximum atomic E-state index is 5.89. The van der Waals surface area contributed by atoms with Crippen LogP contribution < -0.4 is 10.5 Å². The molecule has 0 spiro atoms. The lowest BCUT2D eigenvalue weighted by molar-refractivity contribution is 0.297. The number of hydrogen-bond donors (Lipinski definition) is 1. The molecule has 0 fully saturated rings. The van der Waals surface area contributed by atoms with E-state index in [9.17, 15) is 0 Å². The average molecular weight is 235 g/mol. The molecule has 1 rings (SSSR count). The molecule has 0 amide bonds. The first-order chi connectivity index (χ1) is 8.06. The number of aryl methyl sites for hydroxylation is 2. The maximum Gasteiger partial charge on any atom is 0.125 e. The fourth-order valence-corrected chi connectivity index (χ4v) is 1.87. The number of ether oxygens (including phenoxy) is 1. The molecule has 96 valence electrons. The zero-order valence-electron chi connectivity index (χ0n) is 11.5. The van der Waals surface area contributed by atoms with Gasteiger partial charge in [-0.05, 0) is 56.7 Å². The summed E-state index contributed by atoms with van der Waals surface area (Å²) in [6, 6.07) is 4.58. The quantitative estimate of drug-likeness (QED) is 0.766. The van der Waals surface area contributed by atoms with Crippen LogP contribution >= 0.6 is 0 Å². The van der Waals surface area contributed by atoms with Crippen LogP contribution in [0.1, 0.15) is 42.9 Å². The Morgan fingerprint density at radius 1 is 1.18 bits per heavy atom. The monoisotopic (exact) mass is 235 g/mol. The summed E-state index contributed by atoms with van der Waals surface area (Å²) in [5, 5.41) is 0. The van der Waals surface area contributed by atoms with Gasteiger partial charge in [0.05, 0.1) is 6.61 Å². The van der Waals surface area contributed by atoms with Crippen molar-refractivity contribution in [2.45, 2.75) is 53.0 Å². The van der Waals surface area contributed by atoms with E-state index >= 15 is 0 Å². The van der Waals surface area contributed by atoms with Crippen LogP contribution in [0.2, 0.25) is 0 Å². The molecule has 0 saturated carbocycles. The van der Waals surface area contributed by atoms with Gasteiger partial charge in [0, 0.05) is 6.04 Å². The van der Waals surface area contributed by atoms with Crippen LogP contribution in [0.25, 0.3) is 0 Å². The molecule has 1 aromatic rings. The Bertz CT molecular complexity index is 360. The van der Waals surface area contributed by atoms with Crippen molar-refractivity contribution < 1.29 is 4.74 Å². The normalized spacial score (nSPS) is 12.5. The van der Waals surface area contributed by atoms with Crippen molar-refractivity contribution in [2.75, 3.05) is 6.61 Å². The Morgan fingerprint density at radius 2 is 1.82 bits per heavy atom. The van der Waals surface area contributed by atoms with Gasteiger partial charge in [0.2, 0.25) is 0 Å². The number of benzene rings is 1. The summed E-state index contributed by atoms with van der Waals surface area (Å²) >= 11 is 0. The predicted octanol–water partition coefficient (Wildman–Crippen LogP) is 3.51. The molecule has 0 aliphatic carbocycles. The van der Waals surface area contributed by atoms with Crippen LogP contribution in [0.3, 0.4) is 0 Å². The van der Waals surface area contributed by atoms with E-state index in [-0.39, 0.29) is 0 Å². The van der Waals surface area contributed by atoms with Crippen LogP contribution in [0.15, 0.2) is 12.1 Å². The second-order valence-electron chi connectivity index (χ2n) is 4.81. The van der Waals surface area contributed by atoms with Gasteiger partial charge in [0.1, 0.15) is 5.75 Å². The van der Waals surface area contributed by atoms with Gasteiger partial charge in [-0.3, -0.25) is 0 Å². The van der Waals surface area contributed by atoms with E-state index in [1.807, 2.05) is 0 Å². The van der Waals surface area contributed by atoms with Crippen molar-refractivity contribution in [3.63, 3.8) is 0 Å². The first kappa shape index (κ1) is 14.0. The second kappa shape index (κ2) is 6.65. The molecule has 1 unspecified atom stereocenters. The highest BCUT2D eigenvalue weighted by Gasteiger charge is 2.06. The molecule has 0 aliphatic rings. The highest BCUT2D eigenvalue weighted by Crippen LogP contribution is 2.25. The van der Waals surface area contributed by atoms with E-state index in [1.54, 1.807) is 0 Å². The zero-order chi connectivity index (χ0) is 12.8. The van der Waals surface area contributed by atoms with Crippen LogP contribution in [-0.4, -0.2) is 12.6 Å². The highest BCUT2D eigenvalue weighted by atomic mass is 16.5. The van der Waals surface area contributed by atoms with Crippen LogP contribution in [0.4, 0.5) is 0 Å². The van der Waals surface area contributed by atoms with E-state index in [0.717, 1.165) is 31.6 Å². The largest absolute Gasteiger partial charge is 0.493 e. The molecule has 0 heterocycles. The summed E-state index contributed by atoms with van der Waals surface area (Å²) in [5.41, 5.74) is 9.64. The van der Waals surface area contributed by atoms with E-state index in [0.29, 0.717) is 6.04 Å². The van der Waals surface area contributed by atoms with E-state index < -0.39 is 0 Å². The van der Waals surface area contributed by atoms with Gasteiger partial charge in [-0.25, -0.2) is 0 Å². The van der Waals surface area contributed by atoms with Gasteiger partial charge in [0.15, 0.2) is 0 Å². The lowest BCUT2D eigenvalue weighted by Crippen LogP contribution is -2.19. The van der Waals surface area contributed by atoms with Gasteiger partial charge >= 0.3 is 0 Å². The summed E-state index contributed by atoms with van der Waals surface area (Å²) in [5.74, 6) is 1.05. The number of rotatable bonds is 6. The first-order valence-electron chi connectivity index (χ1n) is 6.51. The molecule has 0 aromatic heterocycles. The van der Waals surface area contributed by atoms with Crippen molar-refractivity contribution in [3.05, 3.63) is 28.8 Å². The Labute approximate surface area is 105 Å². The third-order valence-electron chi connectivity index (χ3n) is 3.36. The Hall–Kier alpha value is -1.02. The minimum absolute atomic E-state index is 0.318. The Morgan fingerprint density at radius 3 is 2.47 bits per heavy atom. The number of nitrogens with two attached hydrogens (primary N) is 1. The van der Waals surface area contributed by atoms with Crippen molar-refractivity contribution in [2.24, 2.45) is 5.73 Å². The molecule has 2 nitrogen and oxygen atoms in total. The van der Waals surface area contributed by atoms with Gasteiger partial charge in [0.25, 0.3) is 0 Å². The summed E-state index contributed by atoms with van der Waals surface area (Å²) in [6.45, 7) is 9.23. The van der Waals surface area contributed by atoms with Crippen molar-refractivity contribution in [3.8, 4) is 5.75 Å². The molecule has 17 heavy (non-hydrogen) atoms. The van der Waals surface area contributed by atoms with Gasteiger partial charge in [-0.15, -0.1) is 0 Å². The lowest BCUT2D eigenvalue weighted by Gasteiger charge is -2.14. The molecular weight excluding hydrogens is 210 g/mol. The highest BCUT2D eigenvalue weighted by molar-refractivity contribution is 5.44. The standard InChI is InChI=1S/C15H25NO/c1-5-14(16)7-6-10-17-15-12(3)9-8-11(2)13(15)4/h8-9,14H,5-7,10,16H2,1-4H3. The van der Waals surface area contributed by atoms with Crippen LogP contribution in [-0.2, 0) is 0 Å². The fraction of sp³-hybridized carbons (Fsp3) is 0.600. The SMILES string of the molecule is CCC(N)CCCOc1c(C)ccc(C)c1C. The fourth-order valence-electron chi connectivity index (χ4n) is 1.87. The van der Waals surface area contributed by atoms with Gasteiger partial charge in [-0.2, -0.15) is 0 Å². The Balaban J connectivity index is 2.49. The average Bonchev–Trinajstić information content (AvgIpc) is 2.32. The van der Waals surface area contributed by atoms with Crippen molar-refractivity contribution in [1.82, 2.24) is 0 Å².